The molecule has 1 saturated heterocycles. The fourth-order valence-corrected chi connectivity index (χ4v) is 3.17. The van der Waals surface area contributed by atoms with Gasteiger partial charge in [0.1, 0.15) is 5.82 Å². The molecule has 1 saturated carbocycles. The molecule has 2 heterocycles. The monoisotopic (exact) mass is 249 g/mol. The second-order valence-corrected chi connectivity index (χ2v) is 6.05. The molecule has 1 aromatic rings. The van der Waals surface area contributed by atoms with Crippen LogP contribution in [-0.4, -0.2) is 40.9 Å². The summed E-state index contributed by atoms with van der Waals surface area (Å²) in [7, 11) is 0. The maximum absolute atomic E-state index is 4.75. The smallest absolute Gasteiger partial charge is 0.244 e. The predicted molar refractivity (Wildman–Crippen MR) is 71.9 cm³/mol. The van der Waals surface area contributed by atoms with Crippen molar-refractivity contribution in [2.24, 2.45) is 0 Å². The lowest BCUT2D eigenvalue weighted by atomic mass is 9.88. The highest BCUT2D eigenvalue weighted by Gasteiger charge is 2.34. The summed E-state index contributed by atoms with van der Waals surface area (Å²) >= 11 is 0. The molecule has 5 nitrogen and oxygen atoms in total. The molecule has 3 rings (SSSR count). The number of piperazine rings is 1. The Balaban J connectivity index is 1.76. The summed E-state index contributed by atoms with van der Waals surface area (Å²) in [6, 6.07) is 0.516. The van der Waals surface area contributed by atoms with Crippen LogP contribution in [0.25, 0.3) is 0 Å². The fourth-order valence-electron chi connectivity index (χ4n) is 3.17. The van der Waals surface area contributed by atoms with Crippen LogP contribution in [0.2, 0.25) is 0 Å². The number of nitrogens with one attached hydrogen (secondary N) is 2. The quantitative estimate of drug-likeness (QED) is 0.832. The van der Waals surface area contributed by atoms with Gasteiger partial charge in [0.05, 0.1) is 0 Å². The van der Waals surface area contributed by atoms with E-state index in [0.717, 1.165) is 31.4 Å². The van der Waals surface area contributed by atoms with Gasteiger partial charge in [0, 0.05) is 31.1 Å². The second-order valence-electron chi connectivity index (χ2n) is 6.05. The molecular weight excluding hydrogens is 226 g/mol. The molecular formula is C13H23N5. The summed E-state index contributed by atoms with van der Waals surface area (Å²) in [5.41, 5.74) is 0.227. The highest BCUT2D eigenvalue weighted by atomic mass is 15.4. The van der Waals surface area contributed by atoms with Crippen molar-refractivity contribution in [3.63, 3.8) is 0 Å². The number of H-pyrrole nitrogens is 1. The number of anilines is 1. The molecule has 2 N–H and O–H groups in total. The van der Waals surface area contributed by atoms with Crippen LogP contribution < -0.4 is 10.2 Å². The maximum atomic E-state index is 4.75. The molecule has 5 heteroatoms. The molecule has 2 fully saturated rings. The van der Waals surface area contributed by atoms with Crippen molar-refractivity contribution in [2.75, 3.05) is 24.5 Å². The van der Waals surface area contributed by atoms with Gasteiger partial charge in [-0.3, -0.25) is 5.10 Å². The first kappa shape index (κ1) is 12.0. The minimum Gasteiger partial charge on any atom is -0.337 e. The summed E-state index contributed by atoms with van der Waals surface area (Å²) < 4.78 is 0. The number of hydrogen-bond donors (Lipinski definition) is 2. The Labute approximate surface area is 108 Å². The fraction of sp³-hybridized carbons (Fsp3) is 0.846. The van der Waals surface area contributed by atoms with Crippen LogP contribution in [0.1, 0.15) is 45.4 Å². The molecule has 0 amide bonds. The summed E-state index contributed by atoms with van der Waals surface area (Å²) in [5, 5.41) is 11.0. The van der Waals surface area contributed by atoms with E-state index in [1.165, 1.54) is 25.7 Å². The van der Waals surface area contributed by atoms with Gasteiger partial charge < -0.3 is 10.2 Å². The third-order valence-electron chi connectivity index (χ3n) is 4.40. The van der Waals surface area contributed by atoms with Gasteiger partial charge in [-0.15, -0.1) is 5.10 Å². The lowest BCUT2D eigenvalue weighted by Gasteiger charge is -2.30. The molecule has 100 valence electrons. The Morgan fingerprint density at radius 1 is 1.33 bits per heavy atom. The Bertz CT molecular complexity index is 407. The third-order valence-corrected chi connectivity index (χ3v) is 4.40. The average molecular weight is 249 g/mol. The van der Waals surface area contributed by atoms with Gasteiger partial charge in [-0.1, -0.05) is 19.8 Å². The van der Waals surface area contributed by atoms with Gasteiger partial charge in [0.25, 0.3) is 0 Å². The molecule has 2 aliphatic rings. The lowest BCUT2D eigenvalue weighted by molar-refractivity contribution is 0.459. The minimum absolute atomic E-state index is 0.227. The van der Waals surface area contributed by atoms with Crippen LogP contribution in [0, 0.1) is 0 Å². The highest BCUT2D eigenvalue weighted by molar-refractivity contribution is 5.31. The van der Waals surface area contributed by atoms with E-state index in [1.54, 1.807) is 0 Å². The van der Waals surface area contributed by atoms with Gasteiger partial charge in [-0.05, 0) is 19.8 Å². The Morgan fingerprint density at radius 3 is 2.83 bits per heavy atom. The van der Waals surface area contributed by atoms with Gasteiger partial charge in [0.2, 0.25) is 5.95 Å². The molecule has 1 aliphatic carbocycles. The summed E-state index contributed by atoms with van der Waals surface area (Å²) in [4.78, 5) is 7.03. The zero-order valence-electron chi connectivity index (χ0n) is 11.4. The van der Waals surface area contributed by atoms with Gasteiger partial charge in [-0.25, -0.2) is 0 Å². The number of rotatable bonds is 2. The van der Waals surface area contributed by atoms with E-state index < -0.39 is 0 Å². The topological polar surface area (TPSA) is 56.8 Å². The van der Waals surface area contributed by atoms with E-state index in [2.05, 4.69) is 34.3 Å². The van der Waals surface area contributed by atoms with Crippen LogP contribution in [-0.2, 0) is 5.41 Å². The van der Waals surface area contributed by atoms with Crippen molar-refractivity contribution in [1.82, 2.24) is 20.5 Å². The third kappa shape index (κ3) is 2.11. The SMILES string of the molecule is C[C@@H]1CN(c2n[nH]c(C3(C)CCCC3)n2)CCN1. The van der Waals surface area contributed by atoms with Crippen molar-refractivity contribution in [3.8, 4) is 0 Å². The first-order valence-electron chi connectivity index (χ1n) is 7.09. The molecule has 0 unspecified atom stereocenters. The van der Waals surface area contributed by atoms with Crippen molar-refractivity contribution in [2.45, 2.75) is 51.0 Å². The average Bonchev–Trinajstić information content (AvgIpc) is 2.98. The number of aromatic amines is 1. The molecule has 0 radical (unpaired) electrons. The zero-order valence-corrected chi connectivity index (χ0v) is 11.4. The van der Waals surface area contributed by atoms with E-state index in [9.17, 15) is 0 Å². The van der Waals surface area contributed by atoms with Crippen LogP contribution in [0.4, 0.5) is 5.95 Å². The van der Waals surface area contributed by atoms with E-state index in [-0.39, 0.29) is 5.41 Å². The number of nitrogens with zero attached hydrogens (tertiary/aromatic N) is 3. The summed E-state index contributed by atoms with van der Waals surface area (Å²) in [6.07, 6.45) is 5.10. The van der Waals surface area contributed by atoms with Crippen molar-refractivity contribution in [1.29, 1.82) is 0 Å². The molecule has 18 heavy (non-hydrogen) atoms. The van der Waals surface area contributed by atoms with Crippen molar-refractivity contribution in [3.05, 3.63) is 5.82 Å². The molecule has 1 atom stereocenters. The zero-order chi connectivity index (χ0) is 12.6. The molecule has 1 aromatic heterocycles. The Hall–Kier alpha value is -1.10. The summed E-state index contributed by atoms with van der Waals surface area (Å²) in [6.45, 7) is 7.53. The van der Waals surface area contributed by atoms with Crippen molar-refractivity contribution >= 4 is 5.95 Å². The van der Waals surface area contributed by atoms with Gasteiger partial charge in [0.15, 0.2) is 0 Å². The first-order chi connectivity index (χ1) is 8.67. The van der Waals surface area contributed by atoms with Crippen LogP contribution in [0.3, 0.4) is 0 Å². The first-order valence-corrected chi connectivity index (χ1v) is 7.09. The van der Waals surface area contributed by atoms with Gasteiger partial charge in [-0.2, -0.15) is 4.98 Å². The number of aromatic nitrogens is 3. The molecule has 1 aliphatic heterocycles. The predicted octanol–water partition coefficient (Wildman–Crippen LogP) is 1.43. The lowest BCUT2D eigenvalue weighted by Crippen LogP contribution is -2.49. The van der Waals surface area contributed by atoms with Crippen LogP contribution in [0.5, 0.6) is 0 Å². The summed E-state index contributed by atoms with van der Waals surface area (Å²) in [5.74, 6) is 1.97. The van der Waals surface area contributed by atoms with E-state index in [0.29, 0.717) is 6.04 Å². The molecule has 0 bridgehead atoms. The maximum Gasteiger partial charge on any atom is 0.244 e. The highest BCUT2D eigenvalue weighted by Crippen LogP contribution is 2.39. The second kappa shape index (κ2) is 4.53. The Morgan fingerprint density at radius 2 is 2.11 bits per heavy atom. The number of hydrogen-bond acceptors (Lipinski definition) is 4. The van der Waals surface area contributed by atoms with Crippen molar-refractivity contribution < 1.29 is 0 Å². The Kier molecular flexibility index (Phi) is 3.01. The standard InChI is InChI=1S/C13H23N5/c1-10-9-18(8-7-14-10)12-15-11(16-17-12)13(2)5-3-4-6-13/h10,14H,3-9H2,1-2H3,(H,15,16,17)/t10-/m1/s1. The molecule has 0 aromatic carbocycles. The largest absolute Gasteiger partial charge is 0.337 e. The normalized spacial score (nSPS) is 27.7. The van der Waals surface area contributed by atoms with Crippen LogP contribution in [0.15, 0.2) is 0 Å². The van der Waals surface area contributed by atoms with Gasteiger partial charge >= 0.3 is 0 Å². The van der Waals surface area contributed by atoms with E-state index >= 15 is 0 Å². The molecule has 0 spiro atoms. The van der Waals surface area contributed by atoms with E-state index in [4.69, 9.17) is 4.98 Å². The minimum atomic E-state index is 0.227. The van der Waals surface area contributed by atoms with E-state index in [1.807, 2.05) is 0 Å². The van der Waals surface area contributed by atoms with Crippen LogP contribution >= 0.6 is 0 Å².